The van der Waals surface area contributed by atoms with E-state index < -0.39 is 5.31 Å². The van der Waals surface area contributed by atoms with Gasteiger partial charge in [-0.05, 0) is 0 Å². The number of halogens is 1. The van der Waals surface area contributed by atoms with Gasteiger partial charge in [-0.1, -0.05) is 0 Å². The molecule has 0 bridgehead atoms. The zero-order valence-corrected chi connectivity index (χ0v) is 20.1. The Bertz CT molecular complexity index is 752. The molecule has 3 aromatic rings. The van der Waals surface area contributed by atoms with E-state index >= 15 is 0 Å². The second-order valence-electron chi connectivity index (χ2n) is 7.41. The summed E-state index contributed by atoms with van der Waals surface area (Å²) < 4.78 is 0. The predicted octanol–water partition coefficient (Wildman–Crippen LogP) is 6.75. The second-order valence-corrected chi connectivity index (χ2v) is 17.9. The standard InChI is InChI=1S/C25H30BrPS/c1-3-4-20-28-22(2)21-27(26,23-14-8-5-9-15-23,24-16-10-6-11-17-24)25-18-12-7-13-19-25/h5-19,22H,3-4,20-21H2,1-2H3. The van der Waals surface area contributed by atoms with Crippen LogP contribution in [0.4, 0.5) is 0 Å². The average molecular weight is 473 g/mol. The van der Waals surface area contributed by atoms with Crippen molar-refractivity contribution in [3.8, 4) is 0 Å². The molecule has 148 valence electrons. The van der Waals surface area contributed by atoms with Crippen molar-refractivity contribution in [1.82, 2.24) is 0 Å². The zero-order chi connectivity index (χ0) is 19.9. The van der Waals surface area contributed by atoms with E-state index in [4.69, 9.17) is 0 Å². The van der Waals surface area contributed by atoms with Gasteiger partial charge in [0.25, 0.3) is 0 Å². The summed E-state index contributed by atoms with van der Waals surface area (Å²) in [6.45, 7) is 4.67. The molecule has 0 radical (unpaired) electrons. The van der Waals surface area contributed by atoms with Crippen molar-refractivity contribution in [2.45, 2.75) is 31.9 Å². The SMILES string of the molecule is CCCCSC(C)CP(Br)(c1ccccc1)(c1ccccc1)c1ccccc1. The van der Waals surface area contributed by atoms with Crippen LogP contribution in [0.2, 0.25) is 0 Å². The van der Waals surface area contributed by atoms with Crippen LogP contribution in [-0.2, 0) is 0 Å². The van der Waals surface area contributed by atoms with Crippen LogP contribution < -0.4 is 15.9 Å². The van der Waals surface area contributed by atoms with Crippen molar-refractivity contribution < 1.29 is 0 Å². The molecule has 28 heavy (non-hydrogen) atoms. The predicted molar refractivity (Wildman–Crippen MR) is 136 cm³/mol. The van der Waals surface area contributed by atoms with Crippen LogP contribution >= 0.6 is 32.6 Å². The molecule has 0 amide bonds. The Morgan fingerprint density at radius 2 is 1.14 bits per heavy atom. The summed E-state index contributed by atoms with van der Waals surface area (Å²) in [6.07, 6.45) is 3.65. The molecule has 0 aromatic heterocycles. The minimum atomic E-state index is -2.77. The molecule has 0 heterocycles. The van der Waals surface area contributed by atoms with E-state index in [1.165, 1.54) is 34.5 Å². The third kappa shape index (κ3) is 4.25. The van der Waals surface area contributed by atoms with Gasteiger partial charge in [0.05, 0.1) is 0 Å². The fourth-order valence-electron chi connectivity index (χ4n) is 3.94. The van der Waals surface area contributed by atoms with Gasteiger partial charge in [0.15, 0.2) is 0 Å². The molecule has 0 aliphatic rings. The number of benzene rings is 3. The van der Waals surface area contributed by atoms with E-state index in [0.717, 1.165) is 6.16 Å². The Morgan fingerprint density at radius 3 is 1.50 bits per heavy atom. The van der Waals surface area contributed by atoms with Crippen LogP contribution in [0.25, 0.3) is 0 Å². The van der Waals surface area contributed by atoms with E-state index in [1.54, 1.807) is 0 Å². The second kappa shape index (κ2) is 9.61. The Hall–Kier alpha value is -1.08. The molecule has 0 saturated carbocycles. The van der Waals surface area contributed by atoms with Crippen molar-refractivity contribution in [1.29, 1.82) is 0 Å². The van der Waals surface area contributed by atoms with Crippen LogP contribution in [0.1, 0.15) is 26.7 Å². The van der Waals surface area contributed by atoms with Crippen LogP contribution in [0, 0.1) is 0 Å². The fraction of sp³-hybridized carbons (Fsp3) is 0.280. The summed E-state index contributed by atoms with van der Waals surface area (Å²) in [6, 6.07) is 33.3. The molecular formula is C25H30BrPS. The van der Waals surface area contributed by atoms with Gasteiger partial charge in [0.1, 0.15) is 0 Å². The molecule has 0 N–H and O–H groups in total. The van der Waals surface area contributed by atoms with Crippen LogP contribution in [0.15, 0.2) is 91.0 Å². The first-order valence-electron chi connectivity index (χ1n) is 10.1. The number of hydrogen-bond acceptors (Lipinski definition) is 1. The monoisotopic (exact) mass is 472 g/mol. The molecule has 0 saturated heterocycles. The summed E-state index contributed by atoms with van der Waals surface area (Å²) in [4.78, 5) is 0. The molecule has 3 rings (SSSR count). The van der Waals surface area contributed by atoms with Crippen molar-refractivity contribution >= 4 is 48.5 Å². The van der Waals surface area contributed by atoms with E-state index in [0.29, 0.717) is 5.25 Å². The molecular weight excluding hydrogens is 443 g/mol. The minimum absolute atomic E-state index is 0.559. The first-order valence-corrected chi connectivity index (χ1v) is 15.6. The van der Waals surface area contributed by atoms with Crippen molar-refractivity contribution in [3.05, 3.63) is 91.0 Å². The fourth-order valence-corrected chi connectivity index (χ4v) is 15.0. The van der Waals surface area contributed by atoms with Crippen molar-refractivity contribution in [2.75, 3.05) is 11.9 Å². The topological polar surface area (TPSA) is 0 Å². The summed E-state index contributed by atoms with van der Waals surface area (Å²) in [5, 5.41) is 2.02. The maximum absolute atomic E-state index is 4.54. The van der Waals surface area contributed by atoms with E-state index in [2.05, 4.69) is 132 Å². The number of thioether (sulfide) groups is 1. The van der Waals surface area contributed by atoms with Gasteiger partial charge in [-0.15, -0.1) is 0 Å². The molecule has 0 nitrogen and oxygen atoms in total. The van der Waals surface area contributed by atoms with E-state index in [-0.39, 0.29) is 0 Å². The van der Waals surface area contributed by atoms with Crippen LogP contribution in [0.3, 0.4) is 0 Å². The summed E-state index contributed by atoms with van der Waals surface area (Å²) in [7, 11) is 0. The van der Waals surface area contributed by atoms with Crippen molar-refractivity contribution in [2.24, 2.45) is 0 Å². The average Bonchev–Trinajstić information content (AvgIpc) is 2.76. The molecule has 1 unspecified atom stereocenters. The van der Waals surface area contributed by atoms with Gasteiger partial charge in [0.2, 0.25) is 0 Å². The molecule has 0 fully saturated rings. The quantitative estimate of drug-likeness (QED) is 0.245. The Kier molecular flexibility index (Phi) is 7.42. The first-order chi connectivity index (χ1) is 13.6. The molecule has 3 aromatic carbocycles. The van der Waals surface area contributed by atoms with E-state index in [1.807, 2.05) is 0 Å². The maximum atomic E-state index is 4.54. The van der Waals surface area contributed by atoms with Crippen LogP contribution in [0.5, 0.6) is 0 Å². The van der Waals surface area contributed by atoms with Gasteiger partial charge in [-0.25, -0.2) is 0 Å². The third-order valence-corrected chi connectivity index (χ3v) is 16.8. The summed E-state index contributed by atoms with van der Waals surface area (Å²) >= 11 is 6.66. The Balaban J connectivity index is 2.22. The summed E-state index contributed by atoms with van der Waals surface area (Å²) in [5.74, 6) is 1.23. The number of unbranched alkanes of at least 4 members (excludes halogenated alkanes) is 1. The van der Waals surface area contributed by atoms with Gasteiger partial charge in [-0.2, -0.15) is 0 Å². The number of hydrogen-bond donors (Lipinski definition) is 0. The normalized spacial score (nSPS) is 14.2. The number of rotatable bonds is 9. The molecule has 0 aliphatic heterocycles. The zero-order valence-electron chi connectivity index (χ0n) is 16.8. The third-order valence-electron chi connectivity index (χ3n) is 5.38. The molecule has 0 spiro atoms. The molecule has 3 heteroatoms. The molecule has 1 atom stereocenters. The Labute approximate surface area is 182 Å². The van der Waals surface area contributed by atoms with Crippen LogP contribution in [-0.4, -0.2) is 17.2 Å². The Morgan fingerprint density at radius 1 is 0.750 bits per heavy atom. The van der Waals surface area contributed by atoms with Gasteiger partial charge < -0.3 is 0 Å². The molecule has 0 aliphatic carbocycles. The summed E-state index contributed by atoms with van der Waals surface area (Å²) in [5.41, 5.74) is 0. The first kappa shape index (κ1) is 21.6. The van der Waals surface area contributed by atoms with E-state index in [9.17, 15) is 0 Å². The van der Waals surface area contributed by atoms with Gasteiger partial charge >= 0.3 is 183 Å². The van der Waals surface area contributed by atoms with Gasteiger partial charge in [0, 0.05) is 0 Å². The van der Waals surface area contributed by atoms with Gasteiger partial charge in [-0.3, -0.25) is 0 Å². The van der Waals surface area contributed by atoms with Crippen molar-refractivity contribution in [3.63, 3.8) is 0 Å².